The number of benzene rings is 2. The van der Waals surface area contributed by atoms with Crippen molar-refractivity contribution >= 4 is 5.78 Å². The summed E-state index contributed by atoms with van der Waals surface area (Å²) in [5, 5.41) is 0. The van der Waals surface area contributed by atoms with Gasteiger partial charge in [0.25, 0.3) is 0 Å². The molecule has 2 N–H and O–H groups in total. The van der Waals surface area contributed by atoms with Gasteiger partial charge in [-0.05, 0) is 22.8 Å². The molecule has 0 atom stereocenters. The number of Topliss-reactive ketones (excluding diaryl/α,β-unsaturated/α-hetero) is 1. The van der Waals surface area contributed by atoms with Crippen molar-refractivity contribution in [1.82, 2.24) is 0 Å². The van der Waals surface area contributed by atoms with Gasteiger partial charge in [-0.2, -0.15) is 0 Å². The van der Waals surface area contributed by atoms with Gasteiger partial charge in [-0.25, -0.2) is 0 Å². The minimum absolute atomic E-state index is 0.00759. The van der Waals surface area contributed by atoms with Crippen molar-refractivity contribution in [2.45, 2.75) is 20.4 Å². The summed E-state index contributed by atoms with van der Waals surface area (Å²) in [7, 11) is 0. The second-order valence-electron chi connectivity index (χ2n) is 4.96. The molecule has 19 heavy (non-hydrogen) atoms. The molecule has 0 aliphatic carbocycles. The topological polar surface area (TPSA) is 43.1 Å². The third kappa shape index (κ3) is 2.91. The zero-order valence-electron chi connectivity index (χ0n) is 11.4. The SMILES string of the molecule is CC(C)C(=O)c1ccc(-c2ccccc2)c(CN)c1. The normalized spacial score (nSPS) is 10.7. The van der Waals surface area contributed by atoms with Crippen molar-refractivity contribution in [3.63, 3.8) is 0 Å². The summed E-state index contributed by atoms with van der Waals surface area (Å²) in [6.07, 6.45) is 0. The standard InChI is InChI=1S/C17H19NO/c1-12(2)17(19)14-8-9-16(15(10-14)11-18)13-6-4-3-5-7-13/h3-10,12H,11,18H2,1-2H3. The molecule has 0 heterocycles. The number of hydrogen-bond acceptors (Lipinski definition) is 2. The summed E-state index contributed by atoms with van der Waals surface area (Å²) < 4.78 is 0. The lowest BCUT2D eigenvalue weighted by molar-refractivity contribution is 0.0939. The third-order valence-corrected chi connectivity index (χ3v) is 3.22. The predicted octanol–water partition coefficient (Wildman–Crippen LogP) is 3.65. The van der Waals surface area contributed by atoms with Crippen LogP contribution < -0.4 is 5.73 Å². The van der Waals surface area contributed by atoms with Crippen LogP contribution in [0.3, 0.4) is 0 Å². The van der Waals surface area contributed by atoms with Gasteiger partial charge < -0.3 is 5.73 Å². The number of carbonyl (C=O) groups is 1. The van der Waals surface area contributed by atoms with Gasteiger partial charge in [0.15, 0.2) is 5.78 Å². The molecule has 2 aromatic carbocycles. The Morgan fingerprint density at radius 2 is 1.79 bits per heavy atom. The first-order valence-electron chi connectivity index (χ1n) is 6.56. The molecule has 0 bridgehead atoms. The Morgan fingerprint density at radius 3 is 2.37 bits per heavy atom. The van der Waals surface area contributed by atoms with E-state index in [4.69, 9.17) is 5.73 Å². The molecule has 0 unspecified atom stereocenters. The molecule has 2 heteroatoms. The molecule has 0 aromatic heterocycles. The van der Waals surface area contributed by atoms with Gasteiger partial charge in [-0.1, -0.05) is 56.3 Å². The highest BCUT2D eigenvalue weighted by Crippen LogP contribution is 2.25. The Balaban J connectivity index is 2.46. The second kappa shape index (κ2) is 5.81. The molecule has 0 aliphatic heterocycles. The van der Waals surface area contributed by atoms with E-state index in [2.05, 4.69) is 12.1 Å². The quantitative estimate of drug-likeness (QED) is 0.845. The van der Waals surface area contributed by atoms with Crippen molar-refractivity contribution in [2.24, 2.45) is 11.7 Å². The van der Waals surface area contributed by atoms with Crippen LogP contribution in [-0.4, -0.2) is 5.78 Å². The molecule has 0 saturated heterocycles. The largest absolute Gasteiger partial charge is 0.326 e. The molecule has 0 radical (unpaired) electrons. The van der Waals surface area contributed by atoms with Gasteiger partial charge in [-0.3, -0.25) is 4.79 Å². The van der Waals surface area contributed by atoms with E-state index in [0.29, 0.717) is 6.54 Å². The van der Waals surface area contributed by atoms with E-state index in [1.54, 1.807) is 0 Å². The number of carbonyl (C=O) groups excluding carboxylic acids is 1. The first kappa shape index (κ1) is 13.5. The summed E-state index contributed by atoms with van der Waals surface area (Å²) in [6.45, 7) is 4.26. The predicted molar refractivity (Wildman–Crippen MR) is 78.9 cm³/mol. The lowest BCUT2D eigenvalue weighted by Crippen LogP contribution is -2.09. The maximum absolute atomic E-state index is 12.0. The smallest absolute Gasteiger partial charge is 0.165 e. The molecule has 0 saturated carbocycles. The van der Waals surface area contributed by atoms with Gasteiger partial charge in [0.05, 0.1) is 0 Å². The maximum atomic E-state index is 12.0. The fourth-order valence-electron chi connectivity index (χ4n) is 2.15. The van der Waals surface area contributed by atoms with E-state index in [0.717, 1.165) is 22.3 Å². The van der Waals surface area contributed by atoms with Crippen LogP contribution in [0.5, 0.6) is 0 Å². The summed E-state index contributed by atoms with van der Waals surface area (Å²) in [5.41, 5.74) is 9.81. The van der Waals surface area contributed by atoms with Gasteiger partial charge in [0.1, 0.15) is 0 Å². The summed E-state index contributed by atoms with van der Waals surface area (Å²) in [4.78, 5) is 12.0. The summed E-state index contributed by atoms with van der Waals surface area (Å²) >= 11 is 0. The van der Waals surface area contributed by atoms with Crippen molar-refractivity contribution in [2.75, 3.05) is 0 Å². The number of hydrogen-bond donors (Lipinski definition) is 1. The zero-order valence-corrected chi connectivity index (χ0v) is 11.4. The third-order valence-electron chi connectivity index (χ3n) is 3.22. The van der Waals surface area contributed by atoms with Gasteiger partial charge in [-0.15, -0.1) is 0 Å². The maximum Gasteiger partial charge on any atom is 0.165 e. The Hall–Kier alpha value is -1.93. The number of rotatable bonds is 4. The molecular formula is C17H19NO. The number of nitrogens with two attached hydrogens (primary N) is 1. The van der Waals surface area contributed by atoms with Crippen LogP contribution in [0.2, 0.25) is 0 Å². The fraction of sp³-hybridized carbons (Fsp3) is 0.235. The first-order chi connectivity index (χ1) is 9.13. The Labute approximate surface area is 114 Å². The second-order valence-corrected chi connectivity index (χ2v) is 4.96. The molecule has 0 fully saturated rings. The van der Waals surface area contributed by atoms with E-state index in [1.807, 2.05) is 50.2 Å². The Morgan fingerprint density at radius 1 is 1.11 bits per heavy atom. The van der Waals surface area contributed by atoms with Crippen LogP contribution >= 0.6 is 0 Å². The van der Waals surface area contributed by atoms with E-state index < -0.39 is 0 Å². The summed E-state index contributed by atoms with van der Waals surface area (Å²) in [6, 6.07) is 15.9. The minimum atomic E-state index is 0.00759. The number of ketones is 1. The highest BCUT2D eigenvalue weighted by molar-refractivity contribution is 5.98. The summed E-state index contributed by atoms with van der Waals surface area (Å²) in [5.74, 6) is 0.169. The lowest BCUT2D eigenvalue weighted by atomic mass is 9.93. The fourth-order valence-corrected chi connectivity index (χ4v) is 2.15. The van der Waals surface area contributed by atoms with Crippen molar-refractivity contribution in [3.8, 4) is 11.1 Å². The molecular weight excluding hydrogens is 234 g/mol. The van der Waals surface area contributed by atoms with E-state index in [9.17, 15) is 4.79 Å². The average Bonchev–Trinajstić information content (AvgIpc) is 2.46. The molecule has 2 aromatic rings. The van der Waals surface area contributed by atoms with E-state index >= 15 is 0 Å². The minimum Gasteiger partial charge on any atom is -0.326 e. The molecule has 2 nitrogen and oxygen atoms in total. The van der Waals surface area contributed by atoms with Crippen LogP contribution in [0.1, 0.15) is 29.8 Å². The van der Waals surface area contributed by atoms with Crippen LogP contribution in [0.15, 0.2) is 48.5 Å². The Bertz CT molecular complexity index is 573. The van der Waals surface area contributed by atoms with Crippen LogP contribution in [0.4, 0.5) is 0 Å². The average molecular weight is 253 g/mol. The van der Waals surface area contributed by atoms with Crippen molar-refractivity contribution in [3.05, 3.63) is 59.7 Å². The van der Waals surface area contributed by atoms with Crippen molar-refractivity contribution < 1.29 is 4.79 Å². The van der Waals surface area contributed by atoms with Crippen LogP contribution in [0.25, 0.3) is 11.1 Å². The van der Waals surface area contributed by atoms with E-state index in [1.165, 1.54) is 0 Å². The monoisotopic (exact) mass is 253 g/mol. The molecule has 2 rings (SSSR count). The van der Waals surface area contributed by atoms with Gasteiger partial charge >= 0.3 is 0 Å². The van der Waals surface area contributed by atoms with Gasteiger partial charge in [0.2, 0.25) is 0 Å². The van der Waals surface area contributed by atoms with Crippen LogP contribution in [-0.2, 0) is 6.54 Å². The lowest BCUT2D eigenvalue weighted by Gasteiger charge is -2.11. The Kier molecular flexibility index (Phi) is 4.13. The van der Waals surface area contributed by atoms with Gasteiger partial charge in [0, 0.05) is 18.0 Å². The first-order valence-corrected chi connectivity index (χ1v) is 6.56. The zero-order chi connectivity index (χ0) is 13.8. The van der Waals surface area contributed by atoms with Crippen LogP contribution in [0, 0.1) is 5.92 Å². The molecule has 0 aliphatic rings. The van der Waals surface area contributed by atoms with Crippen molar-refractivity contribution in [1.29, 1.82) is 0 Å². The molecule has 0 amide bonds. The highest BCUT2D eigenvalue weighted by atomic mass is 16.1. The highest BCUT2D eigenvalue weighted by Gasteiger charge is 2.12. The molecule has 0 spiro atoms. The van der Waals surface area contributed by atoms with E-state index in [-0.39, 0.29) is 11.7 Å². The molecule has 98 valence electrons.